The average molecular weight is 230 g/mol. The molecule has 0 aliphatic carbocycles. The van der Waals surface area contributed by atoms with Gasteiger partial charge in [-0.05, 0) is 31.9 Å². The highest BCUT2D eigenvalue weighted by atomic mass is 32.2. The summed E-state index contributed by atoms with van der Waals surface area (Å²) in [5.41, 5.74) is 0. The highest BCUT2D eigenvalue weighted by Gasteiger charge is 2.15. The molecule has 0 radical (unpaired) electrons. The SMILES string of the molecule is CCC(C)NCC(=O)NCC1CCCS1. The Balaban J connectivity index is 2.02. The second-order valence-corrected chi connectivity index (χ2v) is 5.54. The molecule has 2 atom stereocenters. The van der Waals surface area contributed by atoms with Gasteiger partial charge in [-0.1, -0.05) is 6.92 Å². The van der Waals surface area contributed by atoms with Crippen molar-refractivity contribution >= 4 is 17.7 Å². The zero-order chi connectivity index (χ0) is 11.1. The first-order chi connectivity index (χ1) is 7.22. The van der Waals surface area contributed by atoms with Crippen molar-refractivity contribution < 1.29 is 4.79 Å². The molecular formula is C11H22N2OS. The molecule has 0 spiro atoms. The number of rotatable bonds is 6. The van der Waals surface area contributed by atoms with Gasteiger partial charge < -0.3 is 10.6 Å². The molecule has 0 bridgehead atoms. The highest BCUT2D eigenvalue weighted by Crippen LogP contribution is 2.25. The summed E-state index contributed by atoms with van der Waals surface area (Å²) in [5, 5.41) is 6.82. The van der Waals surface area contributed by atoms with Crippen molar-refractivity contribution in [3.8, 4) is 0 Å². The molecule has 1 aliphatic rings. The summed E-state index contributed by atoms with van der Waals surface area (Å²) in [6.45, 7) is 5.50. The molecule has 88 valence electrons. The molecule has 2 unspecified atom stereocenters. The summed E-state index contributed by atoms with van der Waals surface area (Å²) < 4.78 is 0. The van der Waals surface area contributed by atoms with E-state index in [9.17, 15) is 4.79 Å². The largest absolute Gasteiger partial charge is 0.354 e. The topological polar surface area (TPSA) is 41.1 Å². The minimum atomic E-state index is 0.128. The first-order valence-electron chi connectivity index (χ1n) is 5.84. The smallest absolute Gasteiger partial charge is 0.234 e. The molecule has 1 rings (SSSR count). The van der Waals surface area contributed by atoms with Gasteiger partial charge in [-0.15, -0.1) is 0 Å². The summed E-state index contributed by atoms with van der Waals surface area (Å²) in [6.07, 6.45) is 3.62. The lowest BCUT2D eigenvalue weighted by molar-refractivity contribution is -0.120. The first kappa shape index (κ1) is 12.8. The Morgan fingerprint density at radius 2 is 2.40 bits per heavy atom. The van der Waals surface area contributed by atoms with Crippen LogP contribution in [-0.2, 0) is 4.79 Å². The molecule has 15 heavy (non-hydrogen) atoms. The molecule has 4 heteroatoms. The van der Waals surface area contributed by atoms with E-state index in [0.29, 0.717) is 17.8 Å². The first-order valence-corrected chi connectivity index (χ1v) is 6.89. The van der Waals surface area contributed by atoms with Gasteiger partial charge in [0.2, 0.25) is 5.91 Å². The van der Waals surface area contributed by atoms with E-state index in [1.807, 2.05) is 11.8 Å². The summed E-state index contributed by atoms with van der Waals surface area (Å²) in [6, 6.07) is 0.427. The molecule has 1 amide bonds. The fourth-order valence-electron chi connectivity index (χ4n) is 1.51. The monoisotopic (exact) mass is 230 g/mol. The predicted octanol–water partition coefficient (Wildman–Crippen LogP) is 1.39. The van der Waals surface area contributed by atoms with Gasteiger partial charge in [-0.2, -0.15) is 11.8 Å². The Morgan fingerprint density at radius 1 is 1.60 bits per heavy atom. The van der Waals surface area contributed by atoms with Crippen molar-refractivity contribution in [1.82, 2.24) is 10.6 Å². The molecule has 3 nitrogen and oxygen atoms in total. The van der Waals surface area contributed by atoms with Gasteiger partial charge >= 0.3 is 0 Å². The lowest BCUT2D eigenvalue weighted by atomic mass is 10.2. The number of carbonyl (C=O) groups excluding carboxylic acids is 1. The van der Waals surface area contributed by atoms with Crippen LogP contribution in [0.4, 0.5) is 0 Å². The molecular weight excluding hydrogens is 208 g/mol. The Morgan fingerprint density at radius 3 is 3.00 bits per heavy atom. The standard InChI is InChI=1S/C11H22N2OS/c1-3-9(2)12-8-11(14)13-7-10-5-4-6-15-10/h9-10,12H,3-8H2,1-2H3,(H,13,14). The Bertz CT molecular complexity index is 193. The van der Waals surface area contributed by atoms with Gasteiger partial charge in [0.25, 0.3) is 0 Å². The van der Waals surface area contributed by atoms with Crippen molar-refractivity contribution in [3.05, 3.63) is 0 Å². The van der Waals surface area contributed by atoms with E-state index in [-0.39, 0.29) is 5.91 Å². The van der Waals surface area contributed by atoms with E-state index in [4.69, 9.17) is 0 Å². The van der Waals surface area contributed by atoms with Crippen molar-refractivity contribution in [2.24, 2.45) is 0 Å². The zero-order valence-corrected chi connectivity index (χ0v) is 10.5. The summed E-state index contributed by atoms with van der Waals surface area (Å²) >= 11 is 1.98. The van der Waals surface area contributed by atoms with Crippen molar-refractivity contribution in [3.63, 3.8) is 0 Å². The second kappa shape index (κ2) is 7.12. The minimum Gasteiger partial charge on any atom is -0.354 e. The van der Waals surface area contributed by atoms with Gasteiger partial charge in [0.15, 0.2) is 0 Å². The van der Waals surface area contributed by atoms with Crippen LogP contribution in [0, 0.1) is 0 Å². The van der Waals surface area contributed by atoms with Crippen LogP contribution in [0.2, 0.25) is 0 Å². The van der Waals surface area contributed by atoms with E-state index in [0.717, 1.165) is 13.0 Å². The van der Waals surface area contributed by atoms with Crippen LogP contribution in [0.15, 0.2) is 0 Å². The van der Waals surface area contributed by atoms with Crippen LogP contribution in [0.5, 0.6) is 0 Å². The summed E-state index contributed by atoms with van der Waals surface area (Å²) in [7, 11) is 0. The molecule has 1 saturated heterocycles. The third-order valence-electron chi connectivity index (χ3n) is 2.77. The molecule has 0 saturated carbocycles. The number of hydrogen-bond acceptors (Lipinski definition) is 3. The molecule has 1 aliphatic heterocycles. The normalized spacial score (nSPS) is 22.7. The second-order valence-electron chi connectivity index (χ2n) is 4.13. The summed E-state index contributed by atoms with van der Waals surface area (Å²) in [5.74, 6) is 1.38. The molecule has 1 heterocycles. The third kappa shape index (κ3) is 5.42. The lowest BCUT2D eigenvalue weighted by Crippen LogP contribution is -2.39. The van der Waals surface area contributed by atoms with Gasteiger partial charge in [-0.25, -0.2) is 0 Å². The zero-order valence-electron chi connectivity index (χ0n) is 9.71. The molecule has 0 aromatic rings. The molecule has 0 aromatic carbocycles. The number of nitrogens with one attached hydrogen (secondary N) is 2. The highest BCUT2D eigenvalue weighted by molar-refractivity contribution is 8.00. The van der Waals surface area contributed by atoms with Gasteiger partial charge in [0.1, 0.15) is 0 Å². The maximum absolute atomic E-state index is 11.4. The van der Waals surface area contributed by atoms with E-state index in [1.54, 1.807) is 0 Å². The van der Waals surface area contributed by atoms with Gasteiger partial charge in [0.05, 0.1) is 6.54 Å². The maximum Gasteiger partial charge on any atom is 0.234 e. The maximum atomic E-state index is 11.4. The number of thioether (sulfide) groups is 1. The van der Waals surface area contributed by atoms with Crippen molar-refractivity contribution in [2.45, 2.75) is 44.4 Å². The number of hydrogen-bond donors (Lipinski definition) is 2. The average Bonchev–Trinajstić information content (AvgIpc) is 2.75. The van der Waals surface area contributed by atoms with Crippen LogP contribution >= 0.6 is 11.8 Å². The lowest BCUT2D eigenvalue weighted by Gasteiger charge is -2.13. The minimum absolute atomic E-state index is 0.128. The molecule has 1 fully saturated rings. The third-order valence-corrected chi connectivity index (χ3v) is 4.17. The number of amides is 1. The van der Waals surface area contributed by atoms with E-state index in [1.165, 1.54) is 18.6 Å². The Kier molecular flexibility index (Phi) is 6.10. The quantitative estimate of drug-likeness (QED) is 0.724. The van der Waals surface area contributed by atoms with E-state index in [2.05, 4.69) is 24.5 Å². The summed E-state index contributed by atoms with van der Waals surface area (Å²) in [4.78, 5) is 11.4. The van der Waals surface area contributed by atoms with Crippen LogP contribution < -0.4 is 10.6 Å². The molecule has 0 aromatic heterocycles. The van der Waals surface area contributed by atoms with Crippen LogP contribution in [0.3, 0.4) is 0 Å². The Hall–Kier alpha value is -0.220. The van der Waals surface area contributed by atoms with Gasteiger partial charge in [0, 0.05) is 17.8 Å². The number of carbonyl (C=O) groups is 1. The van der Waals surface area contributed by atoms with Crippen molar-refractivity contribution in [2.75, 3.05) is 18.8 Å². The molecule has 2 N–H and O–H groups in total. The predicted molar refractivity (Wildman–Crippen MR) is 66.2 cm³/mol. The van der Waals surface area contributed by atoms with E-state index < -0.39 is 0 Å². The fourth-order valence-corrected chi connectivity index (χ4v) is 2.71. The van der Waals surface area contributed by atoms with Crippen LogP contribution in [0.1, 0.15) is 33.1 Å². The van der Waals surface area contributed by atoms with Crippen molar-refractivity contribution in [1.29, 1.82) is 0 Å². The van der Waals surface area contributed by atoms with Crippen LogP contribution in [0.25, 0.3) is 0 Å². The van der Waals surface area contributed by atoms with Crippen LogP contribution in [-0.4, -0.2) is 36.0 Å². The van der Waals surface area contributed by atoms with Gasteiger partial charge in [-0.3, -0.25) is 4.79 Å². The fraction of sp³-hybridized carbons (Fsp3) is 0.909. The Labute approximate surface area is 96.8 Å². The van der Waals surface area contributed by atoms with E-state index >= 15 is 0 Å².